The largest absolute Gasteiger partial charge is 0.469 e. The van der Waals surface area contributed by atoms with Gasteiger partial charge in [0.15, 0.2) is 11.5 Å². The Hall–Kier alpha value is -1.91. The fraction of sp³-hybridized carbons (Fsp3) is 0.500. The number of carbonyl (C=O) groups is 1. The van der Waals surface area contributed by atoms with Crippen LogP contribution in [0.4, 0.5) is 5.69 Å². The van der Waals surface area contributed by atoms with Crippen LogP contribution in [0.25, 0.3) is 0 Å². The van der Waals surface area contributed by atoms with E-state index in [-0.39, 0.29) is 18.7 Å². The van der Waals surface area contributed by atoms with Gasteiger partial charge in [-0.25, -0.2) is 0 Å². The van der Waals surface area contributed by atoms with Crippen LogP contribution in [-0.4, -0.2) is 33.5 Å². The molecular weight excluding hydrogens is 246 g/mol. The quantitative estimate of drug-likeness (QED) is 0.763. The third-order valence-electron chi connectivity index (χ3n) is 3.32. The smallest absolute Gasteiger partial charge is 0.310 e. The maximum atomic E-state index is 11.6. The maximum absolute atomic E-state index is 11.6. The molecule has 0 saturated heterocycles. The number of rotatable bonds is 5. The van der Waals surface area contributed by atoms with E-state index in [1.807, 2.05) is 37.1 Å². The number of methoxy groups -OCH3 is 1. The minimum Gasteiger partial charge on any atom is -0.469 e. The SMILES string of the molecule is CCC(CN(C)c1ccc2c(c1)OCO2)C(=O)OC. The molecule has 0 radical (unpaired) electrons. The molecule has 1 atom stereocenters. The zero-order valence-electron chi connectivity index (χ0n) is 11.5. The number of anilines is 1. The number of nitrogens with zero attached hydrogens (tertiary/aromatic N) is 1. The minimum absolute atomic E-state index is 0.125. The van der Waals surface area contributed by atoms with E-state index in [2.05, 4.69) is 0 Å². The summed E-state index contributed by atoms with van der Waals surface area (Å²) in [6.07, 6.45) is 0.752. The molecule has 2 rings (SSSR count). The number of carbonyl (C=O) groups excluding carboxylic acids is 1. The Morgan fingerprint density at radius 1 is 1.42 bits per heavy atom. The molecule has 0 fully saturated rings. The lowest BCUT2D eigenvalue weighted by molar-refractivity contribution is -0.145. The lowest BCUT2D eigenvalue weighted by atomic mass is 10.1. The first-order valence-corrected chi connectivity index (χ1v) is 6.34. The van der Waals surface area contributed by atoms with Gasteiger partial charge in [0.2, 0.25) is 6.79 Å². The summed E-state index contributed by atoms with van der Waals surface area (Å²) in [6.45, 7) is 2.86. The average molecular weight is 265 g/mol. The van der Waals surface area contributed by atoms with Gasteiger partial charge >= 0.3 is 5.97 Å². The number of hydrogen-bond acceptors (Lipinski definition) is 5. The molecule has 5 nitrogen and oxygen atoms in total. The van der Waals surface area contributed by atoms with Crippen molar-refractivity contribution in [2.75, 3.05) is 32.4 Å². The van der Waals surface area contributed by atoms with Gasteiger partial charge in [-0.2, -0.15) is 0 Å². The molecule has 1 unspecified atom stereocenters. The van der Waals surface area contributed by atoms with Gasteiger partial charge < -0.3 is 19.1 Å². The van der Waals surface area contributed by atoms with Gasteiger partial charge in [-0.15, -0.1) is 0 Å². The number of benzene rings is 1. The van der Waals surface area contributed by atoms with Crippen LogP contribution in [0.3, 0.4) is 0 Å². The Labute approximate surface area is 113 Å². The maximum Gasteiger partial charge on any atom is 0.310 e. The van der Waals surface area contributed by atoms with E-state index in [1.54, 1.807) is 0 Å². The zero-order chi connectivity index (χ0) is 13.8. The van der Waals surface area contributed by atoms with Gasteiger partial charge in [0.25, 0.3) is 0 Å². The summed E-state index contributed by atoms with van der Waals surface area (Å²) < 4.78 is 15.4. The lowest BCUT2D eigenvalue weighted by Crippen LogP contribution is -2.30. The molecule has 0 aromatic heterocycles. The normalized spacial score (nSPS) is 14.1. The van der Waals surface area contributed by atoms with Crippen molar-refractivity contribution in [3.8, 4) is 11.5 Å². The molecule has 19 heavy (non-hydrogen) atoms. The molecule has 0 aliphatic carbocycles. The van der Waals surface area contributed by atoms with E-state index < -0.39 is 0 Å². The molecule has 0 bridgehead atoms. The fourth-order valence-electron chi connectivity index (χ4n) is 2.10. The second-order valence-corrected chi connectivity index (χ2v) is 4.55. The Morgan fingerprint density at radius 3 is 2.84 bits per heavy atom. The van der Waals surface area contributed by atoms with Gasteiger partial charge in [0.1, 0.15) is 0 Å². The average Bonchev–Trinajstić information content (AvgIpc) is 2.90. The summed E-state index contributed by atoms with van der Waals surface area (Å²) in [5, 5.41) is 0. The topological polar surface area (TPSA) is 48.0 Å². The molecule has 0 N–H and O–H groups in total. The first-order chi connectivity index (χ1) is 9.15. The summed E-state index contributed by atoms with van der Waals surface area (Å²) in [5.41, 5.74) is 0.992. The van der Waals surface area contributed by atoms with E-state index in [1.165, 1.54) is 7.11 Å². The first kappa shape index (κ1) is 13.5. The zero-order valence-corrected chi connectivity index (χ0v) is 11.5. The minimum atomic E-state index is -0.171. The molecule has 1 aromatic rings. The molecule has 1 aliphatic rings. The lowest BCUT2D eigenvalue weighted by Gasteiger charge is -2.23. The van der Waals surface area contributed by atoms with Gasteiger partial charge in [0.05, 0.1) is 13.0 Å². The van der Waals surface area contributed by atoms with Crippen LogP contribution in [0, 0.1) is 5.92 Å². The van der Waals surface area contributed by atoms with Crippen molar-refractivity contribution in [3.05, 3.63) is 18.2 Å². The highest BCUT2D eigenvalue weighted by Gasteiger charge is 2.20. The fourth-order valence-corrected chi connectivity index (χ4v) is 2.10. The second kappa shape index (κ2) is 5.82. The molecular formula is C14H19NO4. The van der Waals surface area contributed by atoms with Crippen LogP contribution in [0.1, 0.15) is 13.3 Å². The third-order valence-corrected chi connectivity index (χ3v) is 3.32. The Balaban J connectivity index is 2.07. The summed E-state index contributed by atoms with van der Waals surface area (Å²) in [5.74, 6) is 1.21. The summed E-state index contributed by atoms with van der Waals surface area (Å²) in [6, 6.07) is 5.76. The van der Waals surface area contributed by atoms with Crippen LogP contribution in [-0.2, 0) is 9.53 Å². The molecule has 0 saturated carbocycles. The molecule has 104 valence electrons. The Kier molecular flexibility index (Phi) is 4.14. The summed E-state index contributed by atoms with van der Waals surface area (Å²) >= 11 is 0. The van der Waals surface area contributed by atoms with Crippen LogP contribution in [0.2, 0.25) is 0 Å². The second-order valence-electron chi connectivity index (χ2n) is 4.55. The Morgan fingerprint density at radius 2 is 2.16 bits per heavy atom. The Bertz CT molecular complexity index is 461. The first-order valence-electron chi connectivity index (χ1n) is 6.34. The third kappa shape index (κ3) is 2.92. The van der Waals surface area contributed by atoms with Gasteiger partial charge in [-0.05, 0) is 18.6 Å². The van der Waals surface area contributed by atoms with Crippen molar-refractivity contribution in [2.45, 2.75) is 13.3 Å². The molecule has 1 aromatic carbocycles. The van der Waals surface area contributed by atoms with Crippen LogP contribution < -0.4 is 14.4 Å². The van der Waals surface area contributed by atoms with Crippen LogP contribution in [0.15, 0.2) is 18.2 Å². The summed E-state index contributed by atoms with van der Waals surface area (Å²) in [4.78, 5) is 13.6. The predicted molar refractivity (Wildman–Crippen MR) is 71.6 cm³/mol. The molecule has 0 spiro atoms. The van der Waals surface area contributed by atoms with E-state index in [4.69, 9.17) is 14.2 Å². The number of hydrogen-bond donors (Lipinski definition) is 0. The number of fused-ring (bicyclic) bond motifs is 1. The van der Waals surface area contributed by atoms with Crippen LogP contribution >= 0.6 is 0 Å². The number of esters is 1. The monoisotopic (exact) mass is 265 g/mol. The molecule has 1 heterocycles. The van der Waals surface area contributed by atoms with E-state index >= 15 is 0 Å². The highest BCUT2D eigenvalue weighted by Crippen LogP contribution is 2.35. The van der Waals surface area contributed by atoms with Gasteiger partial charge in [-0.1, -0.05) is 6.92 Å². The van der Waals surface area contributed by atoms with Crippen molar-refractivity contribution < 1.29 is 19.0 Å². The molecule has 0 amide bonds. The van der Waals surface area contributed by atoms with Gasteiger partial charge in [-0.3, -0.25) is 4.79 Å². The van der Waals surface area contributed by atoms with Crippen molar-refractivity contribution in [3.63, 3.8) is 0 Å². The number of ether oxygens (including phenoxy) is 3. The summed E-state index contributed by atoms with van der Waals surface area (Å²) in [7, 11) is 3.37. The molecule has 1 aliphatic heterocycles. The van der Waals surface area contributed by atoms with Crippen molar-refractivity contribution in [1.82, 2.24) is 0 Å². The van der Waals surface area contributed by atoms with Crippen LogP contribution in [0.5, 0.6) is 11.5 Å². The van der Waals surface area contributed by atoms with Crippen molar-refractivity contribution in [2.24, 2.45) is 5.92 Å². The predicted octanol–water partition coefficient (Wildman–Crippen LogP) is 2.05. The molecule has 5 heteroatoms. The highest BCUT2D eigenvalue weighted by molar-refractivity contribution is 5.73. The van der Waals surface area contributed by atoms with E-state index in [0.717, 1.165) is 23.6 Å². The van der Waals surface area contributed by atoms with Gasteiger partial charge in [0, 0.05) is 25.3 Å². The van der Waals surface area contributed by atoms with Crippen molar-refractivity contribution in [1.29, 1.82) is 0 Å². The highest BCUT2D eigenvalue weighted by atomic mass is 16.7. The standard InChI is InChI=1S/C14H19NO4/c1-4-10(14(16)17-3)8-15(2)11-5-6-12-13(7-11)19-9-18-12/h5-7,10H,4,8-9H2,1-3H3. The van der Waals surface area contributed by atoms with E-state index in [0.29, 0.717) is 6.54 Å². The van der Waals surface area contributed by atoms with E-state index in [9.17, 15) is 4.79 Å². The van der Waals surface area contributed by atoms with Crippen molar-refractivity contribution >= 4 is 11.7 Å².